The van der Waals surface area contributed by atoms with Gasteiger partial charge in [0.05, 0.1) is 7.11 Å². The number of halogens is 3. The number of ether oxygens (including phenoxy) is 1. The molecule has 0 bridgehead atoms. The molecule has 0 aliphatic carbocycles. The lowest BCUT2D eigenvalue weighted by atomic mass is 10.1. The summed E-state index contributed by atoms with van der Waals surface area (Å²) in [5.41, 5.74) is 0.849. The number of methoxy groups -OCH3 is 1. The van der Waals surface area contributed by atoms with E-state index in [2.05, 4.69) is 5.32 Å². The molecule has 3 nitrogen and oxygen atoms in total. The van der Waals surface area contributed by atoms with Crippen LogP contribution in [-0.2, 0) is 0 Å². The van der Waals surface area contributed by atoms with Gasteiger partial charge in [-0.15, -0.1) is 0 Å². The Balaban J connectivity index is 2.47. The van der Waals surface area contributed by atoms with Crippen molar-refractivity contribution in [1.82, 2.24) is 5.32 Å². The Morgan fingerprint density at radius 3 is 2.63 bits per heavy atom. The van der Waals surface area contributed by atoms with Gasteiger partial charge in [-0.05, 0) is 37.6 Å². The number of phenols is 1. The summed E-state index contributed by atoms with van der Waals surface area (Å²) in [6, 6.07) is 4.76. The van der Waals surface area contributed by atoms with E-state index >= 15 is 0 Å². The zero-order valence-electron chi connectivity index (χ0n) is 10.9. The molecule has 0 aliphatic heterocycles. The molecule has 1 aromatic carbocycles. The molecule has 0 saturated carbocycles. The predicted molar refractivity (Wildman–Crippen MR) is 66.4 cm³/mol. The summed E-state index contributed by atoms with van der Waals surface area (Å²) in [4.78, 5) is 0. The molecule has 1 unspecified atom stereocenters. The summed E-state index contributed by atoms with van der Waals surface area (Å²) < 4.78 is 40.9. The minimum atomic E-state index is -4.10. The molecule has 19 heavy (non-hydrogen) atoms. The first-order chi connectivity index (χ1) is 8.83. The number of hydrogen-bond donors (Lipinski definition) is 2. The second-order valence-electron chi connectivity index (χ2n) is 4.33. The molecule has 1 atom stereocenters. The molecule has 0 aromatic heterocycles. The first-order valence-electron chi connectivity index (χ1n) is 6.00. The number of rotatable bonds is 6. The monoisotopic (exact) mass is 277 g/mol. The van der Waals surface area contributed by atoms with E-state index in [9.17, 15) is 18.3 Å². The van der Waals surface area contributed by atoms with E-state index in [0.29, 0.717) is 5.75 Å². The summed E-state index contributed by atoms with van der Waals surface area (Å²) in [7, 11) is 1.44. The van der Waals surface area contributed by atoms with Crippen molar-refractivity contribution in [2.75, 3.05) is 13.7 Å². The lowest BCUT2D eigenvalue weighted by Crippen LogP contribution is -2.21. The zero-order chi connectivity index (χ0) is 14.5. The van der Waals surface area contributed by atoms with Crippen molar-refractivity contribution in [1.29, 1.82) is 0 Å². The van der Waals surface area contributed by atoms with Gasteiger partial charge in [-0.2, -0.15) is 13.2 Å². The molecule has 108 valence electrons. The molecule has 0 radical (unpaired) electrons. The van der Waals surface area contributed by atoms with Crippen molar-refractivity contribution in [3.05, 3.63) is 23.8 Å². The van der Waals surface area contributed by atoms with E-state index in [1.807, 2.05) is 6.92 Å². The van der Waals surface area contributed by atoms with Crippen LogP contribution in [0.2, 0.25) is 0 Å². The Hall–Kier alpha value is -1.43. The van der Waals surface area contributed by atoms with Gasteiger partial charge in [0.1, 0.15) is 0 Å². The maximum atomic E-state index is 12.0. The highest BCUT2D eigenvalue weighted by Crippen LogP contribution is 2.28. The Bertz CT molecular complexity index is 407. The van der Waals surface area contributed by atoms with Gasteiger partial charge in [0, 0.05) is 12.5 Å². The van der Waals surface area contributed by atoms with Gasteiger partial charge in [-0.25, -0.2) is 0 Å². The van der Waals surface area contributed by atoms with Gasteiger partial charge in [0.2, 0.25) is 0 Å². The molecule has 0 saturated heterocycles. The summed E-state index contributed by atoms with van der Waals surface area (Å²) in [6.45, 7) is 2.13. The fourth-order valence-corrected chi connectivity index (χ4v) is 1.69. The average Bonchev–Trinajstić information content (AvgIpc) is 2.33. The normalized spacial score (nSPS) is 13.3. The van der Waals surface area contributed by atoms with E-state index < -0.39 is 12.6 Å². The standard InChI is InChI=1S/C13H18F3NO2/c1-9(17-7-3-6-13(14,15)16)10-4-5-11(18)12(8-10)19-2/h4-5,8-9,17-18H,3,6-7H2,1-2H3. The van der Waals surface area contributed by atoms with Crippen LogP contribution in [0, 0.1) is 0 Å². The Labute approximate surface area is 110 Å². The first kappa shape index (κ1) is 15.6. The van der Waals surface area contributed by atoms with Crippen molar-refractivity contribution in [3.8, 4) is 11.5 Å². The van der Waals surface area contributed by atoms with Gasteiger partial charge >= 0.3 is 6.18 Å². The van der Waals surface area contributed by atoms with Crippen molar-refractivity contribution in [2.45, 2.75) is 32.0 Å². The third kappa shape index (κ3) is 5.38. The van der Waals surface area contributed by atoms with Crippen LogP contribution in [0.25, 0.3) is 0 Å². The smallest absolute Gasteiger partial charge is 0.389 e. The quantitative estimate of drug-likeness (QED) is 0.783. The highest BCUT2D eigenvalue weighted by atomic mass is 19.4. The van der Waals surface area contributed by atoms with Crippen molar-refractivity contribution >= 4 is 0 Å². The number of aromatic hydroxyl groups is 1. The lowest BCUT2D eigenvalue weighted by Gasteiger charge is -2.16. The van der Waals surface area contributed by atoms with Crippen molar-refractivity contribution < 1.29 is 23.0 Å². The molecule has 2 N–H and O–H groups in total. The molecule has 0 heterocycles. The van der Waals surface area contributed by atoms with E-state index in [4.69, 9.17) is 4.74 Å². The first-order valence-corrected chi connectivity index (χ1v) is 6.00. The highest BCUT2D eigenvalue weighted by molar-refractivity contribution is 5.42. The summed E-state index contributed by atoms with van der Waals surface area (Å²) >= 11 is 0. The number of alkyl halides is 3. The number of phenolic OH excluding ortho intramolecular Hbond substituents is 1. The Morgan fingerprint density at radius 2 is 2.05 bits per heavy atom. The second kappa shape index (κ2) is 6.65. The topological polar surface area (TPSA) is 41.5 Å². The number of benzene rings is 1. The van der Waals surface area contributed by atoms with Crippen LogP contribution in [0.3, 0.4) is 0 Å². The van der Waals surface area contributed by atoms with Crippen LogP contribution in [0.5, 0.6) is 11.5 Å². The van der Waals surface area contributed by atoms with E-state index in [1.54, 1.807) is 12.1 Å². The summed E-state index contributed by atoms with van der Waals surface area (Å²) in [6.07, 6.45) is -4.85. The van der Waals surface area contributed by atoms with E-state index in [1.165, 1.54) is 13.2 Å². The SMILES string of the molecule is COc1cc(C(C)NCCCC(F)(F)F)ccc1O. The summed E-state index contributed by atoms with van der Waals surface area (Å²) in [5.74, 6) is 0.386. The average molecular weight is 277 g/mol. The van der Waals surface area contributed by atoms with Crippen molar-refractivity contribution in [2.24, 2.45) is 0 Å². The van der Waals surface area contributed by atoms with Crippen LogP contribution in [0.4, 0.5) is 13.2 Å². The zero-order valence-corrected chi connectivity index (χ0v) is 10.9. The minimum Gasteiger partial charge on any atom is -0.504 e. The fourth-order valence-electron chi connectivity index (χ4n) is 1.69. The molecular weight excluding hydrogens is 259 g/mol. The van der Waals surface area contributed by atoms with Gasteiger partial charge in [0.15, 0.2) is 11.5 Å². The minimum absolute atomic E-state index is 0.0375. The molecular formula is C13H18F3NO2. The molecule has 6 heteroatoms. The number of nitrogens with one attached hydrogen (secondary N) is 1. The molecule has 1 aromatic rings. The van der Waals surface area contributed by atoms with Gasteiger partial charge < -0.3 is 15.2 Å². The lowest BCUT2D eigenvalue weighted by molar-refractivity contribution is -0.135. The third-order valence-corrected chi connectivity index (χ3v) is 2.79. The maximum Gasteiger partial charge on any atom is 0.389 e. The highest BCUT2D eigenvalue weighted by Gasteiger charge is 2.25. The Morgan fingerprint density at radius 1 is 1.37 bits per heavy atom. The van der Waals surface area contributed by atoms with Crippen LogP contribution in [0.15, 0.2) is 18.2 Å². The maximum absolute atomic E-state index is 12.0. The van der Waals surface area contributed by atoms with Gasteiger partial charge in [-0.3, -0.25) is 0 Å². The molecule has 0 spiro atoms. The van der Waals surface area contributed by atoms with Crippen LogP contribution in [0.1, 0.15) is 31.4 Å². The van der Waals surface area contributed by atoms with E-state index in [0.717, 1.165) is 5.56 Å². The second-order valence-corrected chi connectivity index (χ2v) is 4.33. The van der Waals surface area contributed by atoms with Crippen molar-refractivity contribution in [3.63, 3.8) is 0 Å². The Kier molecular flexibility index (Phi) is 5.47. The third-order valence-electron chi connectivity index (χ3n) is 2.79. The molecule has 0 aliphatic rings. The molecule has 0 fully saturated rings. The van der Waals surface area contributed by atoms with Gasteiger partial charge in [0.25, 0.3) is 0 Å². The van der Waals surface area contributed by atoms with Crippen LogP contribution < -0.4 is 10.1 Å². The predicted octanol–water partition coefficient (Wildman–Crippen LogP) is 3.39. The fraction of sp³-hybridized carbons (Fsp3) is 0.538. The van der Waals surface area contributed by atoms with Gasteiger partial charge in [-0.1, -0.05) is 6.07 Å². The summed E-state index contributed by atoms with van der Waals surface area (Å²) in [5, 5.41) is 12.5. The molecule has 1 rings (SSSR count). The van der Waals surface area contributed by atoms with E-state index in [-0.39, 0.29) is 24.8 Å². The molecule has 0 amide bonds. The van der Waals surface area contributed by atoms with Crippen LogP contribution >= 0.6 is 0 Å². The number of hydrogen-bond acceptors (Lipinski definition) is 3. The van der Waals surface area contributed by atoms with Crippen LogP contribution in [-0.4, -0.2) is 24.9 Å². The largest absolute Gasteiger partial charge is 0.504 e.